The van der Waals surface area contributed by atoms with Gasteiger partial charge in [0.05, 0.1) is 17.9 Å². The highest BCUT2D eigenvalue weighted by atomic mass is 32.1. The molecule has 158 valence electrons. The molecule has 4 rings (SSSR count). The van der Waals surface area contributed by atoms with E-state index in [1.54, 1.807) is 14.0 Å². The Kier molecular flexibility index (Phi) is 6.25. The van der Waals surface area contributed by atoms with Gasteiger partial charge in [0.2, 0.25) is 0 Å². The molecule has 0 aliphatic heterocycles. The van der Waals surface area contributed by atoms with E-state index in [1.807, 2.05) is 60.7 Å². The number of nitrogens with one attached hydrogen (secondary N) is 1. The molecule has 0 saturated carbocycles. The Morgan fingerprint density at radius 2 is 1.65 bits per heavy atom. The average Bonchev–Trinajstić information content (AvgIpc) is 3.12. The Balaban J connectivity index is 1.82. The number of fused-ring (bicyclic) bond motifs is 1. The van der Waals surface area contributed by atoms with Crippen LogP contribution in [-0.4, -0.2) is 36.3 Å². The molecule has 2 aromatic carbocycles. The van der Waals surface area contributed by atoms with E-state index >= 15 is 0 Å². The summed E-state index contributed by atoms with van der Waals surface area (Å²) in [5.74, 6) is -0.171. The van der Waals surface area contributed by atoms with Gasteiger partial charge in [-0.1, -0.05) is 60.7 Å². The van der Waals surface area contributed by atoms with Gasteiger partial charge in [-0.25, -0.2) is 9.78 Å². The van der Waals surface area contributed by atoms with Gasteiger partial charge in [0.15, 0.2) is 0 Å². The predicted molar refractivity (Wildman–Crippen MR) is 121 cm³/mol. The molecular formula is C24H22N2O4S. The van der Waals surface area contributed by atoms with Crippen LogP contribution in [-0.2, 0) is 9.47 Å². The number of hydrogen-bond donors (Lipinski definition) is 1. The zero-order valence-electron chi connectivity index (χ0n) is 17.3. The number of benzene rings is 2. The maximum atomic E-state index is 13.0. The quantitative estimate of drug-likeness (QED) is 0.347. The number of rotatable bonds is 7. The van der Waals surface area contributed by atoms with Crippen LogP contribution in [0.15, 0.2) is 65.5 Å². The van der Waals surface area contributed by atoms with Crippen molar-refractivity contribution in [2.24, 2.45) is 0 Å². The highest BCUT2D eigenvalue weighted by molar-refractivity contribution is 7.20. The fourth-order valence-corrected chi connectivity index (χ4v) is 4.66. The number of methoxy groups -OCH3 is 1. The lowest BCUT2D eigenvalue weighted by atomic mass is 9.90. The Bertz CT molecular complexity index is 1210. The second-order valence-corrected chi connectivity index (χ2v) is 8.07. The largest absolute Gasteiger partial charge is 0.459 e. The average molecular weight is 435 g/mol. The van der Waals surface area contributed by atoms with E-state index in [9.17, 15) is 9.59 Å². The van der Waals surface area contributed by atoms with Crippen molar-refractivity contribution in [3.05, 3.63) is 98.4 Å². The van der Waals surface area contributed by atoms with Gasteiger partial charge in [-0.15, -0.1) is 11.3 Å². The number of esters is 1. The van der Waals surface area contributed by atoms with Crippen molar-refractivity contribution in [3.8, 4) is 0 Å². The smallest absolute Gasteiger partial charge is 0.348 e. The molecule has 0 radical (unpaired) electrons. The third kappa shape index (κ3) is 4.28. The molecular weight excluding hydrogens is 412 g/mol. The van der Waals surface area contributed by atoms with Gasteiger partial charge in [0.1, 0.15) is 22.1 Å². The standard InChI is InChI=1S/C24H22N2O4S/c1-15-18-22(27)25-21(26-23(18)31-20(15)24(28)30-14-13-29-2)19(16-9-5-3-6-10-16)17-11-7-4-8-12-17/h3-12,19H,13-14H2,1-2H3,(H,25,26,27). The van der Waals surface area contributed by atoms with Crippen LogP contribution in [0.2, 0.25) is 0 Å². The molecule has 0 fully saturated rings. The van der Waals surface area contributed by atoms with Gasteiger partial charge in [-0.2, -0.15) is 0 Å². The fourth-order valence-electron chi connectivity index (χ4n) is 3.57. The van der Waals surface area contributed by atoms with E-state index < -0.39 is 5.97 Å². The van der Waals surface area contributed by atoms with Crippen molar-refractivity contribution in [1.82, 2.24) is 9.97 Å². The number of carbonyl (C=O) groups is 1. The first kappa shape index (κ1) is 21.0. The second kappa shape index (κ2) is 9.24. The minimum atomic E-state index is -0.471. The second-order valence-electron chi connectivity index (χ2n) is 7.07. The summed E-state index contributed by atoms with van der Waals surface area (Å²) in [5, 5.41) is 0.423. The molecule has 2 heterocycles. The number of nitrogens with zero attached hydrogens (tertiary/aromatic N) is 1. The lowest BCUT2D eigenvalue weighted by Crippen LogP contribution is -2.16. The van der Waals surface area contributed by atoms with Gasteiger partial charge < -0.3 is 14.5 Å². The zero-order chi connectivity index (χ0) is 21.8. The first-order valence-electron chi connectivity index (χ1n) is 9.89. The van der Waals surface area contributed by atoms with Gasteiger partial charge in [0.25, 0.3) is 5.56 Å². The Labute approximate surface area is 183 Å². The predicted octanol–water partition coefficient (Wildman–Crippen LogP) is 4.28. The summed E-state index contributed by atoms with van der Waals surface area (Å²) in [7, 11) is 1.54. The molecule has 0 aliphatic rings. The maximum absolute atomic E-state index is 13.0. The molecule has 6 nitrogen and oxygen atoms in total. The number of thiophene rings is 1. The summed E-state index contributed by atoms with van der Waals surface area (Å²) in [4.78, 5) is 34.1. The molecule has 0 saturated heterocycles. The van der Waals surface area contributed by atoms with E-state index in [1.165, 1.54) is 11.3 Å². The molecule has 0 amide bonds. The maximum Gasteiger partial charge on any atom is 0.348 e. The summed E-state index contributed by atoms with van der Waals surface area (Å²) in [6.45, 7) is 2.21. The van der Waals surface area contributed by atoms with E-state index in [0.717, 1.165) is 11.1 Å². The summed E-state index contributed by atoms with van der Waals surface area (Å²) in [6.07, 6.45) is 0. The number of carbonyl (C=O) groups excluding carboxylic acids is 1. The van der Waals surface area contributed by atoms with Gasteiger partial charge in [-0.05, 0) is 23.6 Å². The van der Waals surface area contributed by atoms with Crippen LogP contribution in [0.1, 0.15) is 38.1 Å². The third-order valence-corrected chi connectivity index (χ3v) is 6.23. The SMILES string of the molecule is COCCOC(=O)c1sc2nc(C(c3ccccc3)c3ccccc3)[nH]c(=O)c2c1C. The summed E-state index contributed by atoms with van der Waals surface area (Å²) in [6, 6.07) is 19.8. The first-order valence-corrected chi connectivity index (χ1v) is 10.7. The van der Waals surface area contributed by atoms with E-state index in [4.69, 9.17) is 14.5 Å². The van der Waals surface area contributed by atoms with Crippen LogP contribution in [0.4, 0.5) is 0 Å². The zero-order valence-corrected chi connectivity index (χ0v) is 18.1. The molecule has 0 unspecified atom stereocenters. The molecule has 0 bridgehead atoms. The van der Waals surface area contributed by atoms with Crippen molar-refractivity contribution in [2.45, 2.75) is 12.8 Å². The fraction of sp³-hybridized carbons (Fsp3) is 0.208. The summed E-state index contributed by atoms with van der Waals surface area (Å²) < 4.78 is 10.2. The first-order chi connectivity index (χ1) is 15.1. The third-order valence-electron chi connectivity index (χ3n) is 5.06. The lowest BCUT2D eigenvalue weighted by Gasteiger charge is -2.17. The van der Waals surface area contributed by atoms with Crippen molar-refractivity contribution < 1.29 is 14.3 Å². The normalized spacial score (nSPS) is 11.2. The van der Waals surface area contributed by atoms with Crippen LogP contribution in [0, 0.1) is 6.92 Å². The number of H-pyrrole nitrogens is 1. The minimum absolute atomic E-state index is 0.155. The monoisotopic (exact) mass is 434 g/mol. The van der Waals surface area contributed by atoms with E-state index in [0.29, 0.717) is 33.1 Å². The Morgan fingerprint density at radius 3 is 2.23 bits per heavy atom. The highest BCUT2D eigenvalue weighted by Gasteiger charge is 2.24. The molecule has 2 aromatic heterocycles. The molecule has 0 spiro atoms. The molecule has 31 heavy (non-hydrogen) atoms. The number of aromatic nitrogens is 2. The number of ether oxygens (including phenoxy) is 2. The number of aryl methyl sites for hydroxylation is 1. The minimum Gasteiger partial charge on any atom is -0.459 e. The lowest BCUT2D eigenvalue weighted by molar-refractivity contribution is 0.0393. The summed E-state index contributed by atoms with van der Waals surface area (Å²) >= 11 is 1.18. The molecule has 7 heteroatoms. The Morgan fingerprint density at radius 1 is 1.03 bits per heavy atom. The topological polar surface area (TPSA) is 81.3 Å². The van der Waals surface area contributed by atoms with Crippen LogP contribution in [0.25, 0.3) is 10.2 Å². The molecule has 4 aromatic rings. The van der Waals surface area contributed by atoms with Gasteiger partial charge >= 0.3 is 5.97 Å². The van der Waals surface area contributed by atoms with Crippen molar-refractivity contribution in [3.63, 3.8) is 0 Å². The molecule has 0 atom stereocenters. The highest BCUT2D eigenvalue weighted by Crippen LogP contribution is 2.32. The van der Waals surface area contributed by atoms with E-state index in [2.05, 4.69) is 4.98 Å². The van der Waals surface area contributed by atoms with Crippen LogP contribution in [0.5, 0.6) is 0 Å². The van der Waals surface area contributed by atoms with Crippen LogP contribution < -0.4 is 5.56 Å². The van der Waals surface area contributed by atoms with Crippen LogP contribution >= 0.6 is 11.3 Å². The van der Waals surface area contributed by atoms with Crippen molar-refractivity contribution >= 4 is 27.5 Å². The summed E-state index contributed by atoms with van der Waals surface area (Å²) in [5.41, 5.74) is 2.35. The van der Waals surface area contributed by atoms with E-state index in [-0.39, 0.29) is 18.1 Å². The van der Waals surface area contributed by atoms with Crippen molar-refractivity contribution in [2.75, 3.05) is 20.3 Å². The number of hydrogen-bond acceptors (Lipinski definition) is 6. The van der Waals surface area contributed by atoms with Crippen LogP contribution in [0.3, 0.4) is 0 Å². The number of aromatic amines is 1. The molecule has 0 aliphatic carbocycles. The van der Waals surface area contributed by atoms with Gasteiger partial charge in [0, 0.05) is 7.11 Å². The Hall–Kier alpha value is -3.29. The van der Waals surface area contributed by atoms with Crippen molar-refractivity contribution in [1.29, 1.82) is 0 Å². The van der Waals surface area contributed by atoms with Gasteiger partial charge in [-0.3, -0.25) is 4.79 Å². The molecule has 1 N–H and O–H groups in total.